The van der Waals surface area contributed by atoms with Crippen molar-refractivity contribution in [1.82, 2.24) is 15.3 Å². The molecule has 0 unspecified atom stereocenters. The molecule has 11 heteroatoms. The number of fused-ring (bicyclic) bond motifs is 1. The summed E-state index contributed by atoms with van der Waals surface area (Å²) >= 11 is 3.95. The molecule has 3 aromatic heterocycles. The maximum atomic E-state index is 12.7. The smallest absolute Gasteiger partial charge is 0.341 e. The number of ether oxygens (including phenoxy) is 1. The Morgan fingerprint density at radius 1 is 1.13 bits per heavy atom. The minimum atomic E-state index is -0.573. The van der Waals surface area contributed by atoms with E-state index in [-0.39, 0.29) is 29.7 Å². The fourth-order valence-corrected chi connectivity index (χ4v) is 6.01. The van der Waals surface area contributed by atoms with Crippen molar-refractivity contribution in [1.29, 1.82) is 0 Å². The van der Waals surface area contributed by atoms with Crippen LogP contribution in [0.25, 0.3) is 10.2 Å². The van der Waals surface area contributed by atoms with Crippen LogP contribution in [0.15, 0.2) is 11.4 Å². The van der Waals surface area contributed by atoms with Crippen molar-refractivity contribution in [2.24, 2.45) is 0 Å². The molecule has 0 radical (unpaired) electrons. The van der Waals surface area contributed by atoms with E-state index in [1.165, 1.54) is 25.1 Å². The molecule has 0 aliphatic heterocycles. The van der Waals surface area contributed by atoms with Gasteiger partial charge in [-0.25, -0.2) is 14.8 Å². The van der Waals surface area contributed by atoms with Crippen molar-refractivity contribution in [3.63, 3.8) is 0 Å². The highest BCUT2D eigenvalue weighted by molar-refractivity contribution is 8.00. The van der Waals surface area contributed by atoms with Gasteiger partial charge in [0.1, 0.15) is 21.2 Å². The van der Waals surface area contributed by atoms with Crippen molar-refractivity contribution in [2.75, 3.05) is 24.7 Å². The topological polar surface area (TPSA) is 110 Å². The third-order valence-electron chi connectivity index (χ3n) is 4.58. The minimum absolute atomic E-state index is 0.0922. The van der Waals surface area contributed by atoms with E-state index < -0.39 is 5.97 Å². The molecule has 8 nitrogen and oxygen atoms in total. The quantitative estimate of drug-likeness (QED) is 0.301. The molecular weight excluding hydrogens is 456 g/mol. The van der Waals surface area contributed by atoms with Gasteiger partial charge in [0.25, 0.3) is 5.91 Å². The number of esters is 1. The summed E-state index contributed by atoms with van der Waals surface area (Å²) in [6, 6.07) is 0. The number of carbonyl (C=O) groups is 3. The van der Waals surface area contributed by atoms with Gasteiger partial charge in [-0.2, -0.15) is 0 Å². The van der Waals surface area contributed by atoms with E-state index in [2.05, 4.69) is 20.6 Å². The predicted molar refractivity (Wildman–Crippen MR) is 125 cm³/mol. The first kappa shape index (κ1) is 23.2. The summed E-state index contributed by atoms with van der Waals surface area (Å²) in [5, 5.41) is 7.31. The molecule has 2 amide bonds. The number of rotatable bonds is 7. The molecule has 0 aromatic carbocycles. The van der Waals surface area contributed by atoms with Crippen LogP contribution in [-0.2, 0) is 9.53 Å². The number of hydrogen-bond acceptors (Lipinski definition) is 9. The Hall–Kier alpha value is -2.50. The number of carbonyl (C=O) groups excluding carboxylic acids is 3. The summed E-state index contributed by atoms with van der Waals surface area (Å²) < 4.78 is 5.11. The second kappa shape index (κ2) is 9.75. The van der Waals surface area contributed by atoms with Gasteiger partial charge >= 0.3 is 5.97 Å². The van der Waals surface area contributed by atoms with Gasteiger partial charge in [0.15, 0.2) is 0 Å². The highest BCUT2D eigenvalue weighted by Gasteiger charge is 2.26. The lowest BCUT2D eigenvalue weighted by molar-refractivity contribution is -0.113. The lowest BCUT2D eigenvalue weighted by atomic mass is 10.1. The molecule has 3 aromatic rings. The van der Waals surface area contributed by atoms with Gasteiger partial charge < -0.3 is 15.4 Å². The van der Waals surface area contributed by atoms with E-state index in [0.717, 1.165) is 37.0 Å². The van der Waals surface area contributed by atoms with Gasteiger partial charge in [-0.3, -0.25) is 9.59 Å². The lowest BCUT2D eigenvalue weighted by Crippen LogP contribution is -2.18. The molecule has 2 N–H and O–H groups in total. The van der Waals surface area contributed by atoms with Crippen molar-refractivity contribution in [3.05, 3.63) is 32.8 Å². The van der Waals surface area contributed by atoms with E-state index in [4.69, 9.17) is 4.74 Å². The molecule has 164 valence electrons. The summed E-state index contributed by atoms with van der Waals surface area (Å²) in [5.41, 5.74) is 1.79. The molecule has 0 saturated heterocycles. The number of hydrogen-bond donors (Lipinski definition) is 2. The van der Waals surface area contributed by atoms with Crippen LogP contribution in [-0.4, -0.2) is 47.2 Å². The Labute approximate surface area is 191 Å². The van der Waals surface area contributed by atoms with E-state index in [1.54, 1.807) is 25.2 Å². The Morgan fingerprint density at radius 3 is 2.55 bits per heavy atom. The molecule has 3 heterocycles. The number of nitrogens with zero attached hydrogens (tertiary/aromatic N) is 2. The van der Waals surface area contributed by atoms with Crippen LogP contribution in [0.1, 0.15) is 43.0 Å². The summed E-state index contributed by atoms with van der Waals surface area (Å²) in [4.78, 5) is 48.3. The number of thioether (sulfide) groups is 1. The zero-order valence-corrected chi connectivity index (χ0v) is 20.2. The molecule has 0 fully saturated rings. The van der Waals surface area contributed by atoms with Crippen LogP contribution in [0.2, 0.25) is 0 Å². The number of amides is 2. The summed E-state index contributed by atoms with van der Waals surface area (Å²) in [7, 11) is 1.51. The molecule has 31 heavy (non-hydrogen) atoms. The number of nitrogens with one attached hydrogen (secondary N) is 2. The number of aryl methyl sites for hydroxylation is 2. The van der Waals surface area contributed by atoms with Gasteiger partial charge in [0, 0.05) is 17.3 Å². The minimum Gasteiger partial charge on any atom is -0.462 e. The molecule has 3 rings (SSSR count). The van der Waals surface area contributed by atoms with E-state index >= 15 is 0 Å². The van der Waals surface area contributed by atoms with E-state index in [9.17, 15) is 14.4 Å². The average Bonchev–Trinajstić information content (AvgIpc) is 3.22. The molecule has 0 aliphatic rings. The fourth-order valence-electron chi connectivity index (χ4n) is 2.94. The fraction of sp³-hybridized carbons (Fsp3) is 0.350. The van der Waals surface area contributed by atoms with E-state index in [0.29, 0.717) is 15.4 Å². The SMILES string of the molecule is CCOC(=O)c1c(NC(=O)CSc2ncnc3sc(C)c(C)c23)sc(C(=O)NC)c1C. The molecule has 0 aliphatic carbocycles. The largest absolute Gasteiger partial charge is 0.462 e. The Balaban J connectivity index is 1.82. The third-order valence-corrected chi connectivity index (χ3v) is 7.89. The van der Waals surface area contributed by atoms with Crippen LogP contribution >= 0.6 is 34.4 Å². The maximum absolute atomic E-state index is 12.7. The molecular formula is C20H22N4O4S3. The Bertz CT molecular complexity index is 1170. The van der Waals surface area contributed by atoms with E-state index in [1.807, 2.05) is 13.8 Å². The van der Waals surface area contributed by atoms with Gasteiger partial charge in [0.2, 0.25) is 5.91 Å². The van der Waals surface area contributed by atoms with Crippen molar-refractivity contribution in [3.8, 4) is 0 Å². The van der Waals surface area contributed by atoms with Gasteiger partial charge in [-0.1, -0.05) is 11.8 Å². The zero-order valence-electron chi connectivity index (χ0n) is 17.7. The van der Waals surface area contributed by atoms with Crippen LogP contribution in [0.4, 0.5) is 5.00 Å². The third kappa shape index (κ3) is 4.73. The highest BCUT2D eigenvalue weighted by atomic mass is 32.2. The lowest BCUT2D eigenvalue weighted by Gasteiger charge is -2.07. The van der Waals surface area contributed by atoms with Crippen LogP contribution in [0, 0.1) is 20.8 Å². The summed E-state index contributed by atoms with van der Waals surface area (Å²) in [5.74, 6) is -1.11. The average molecular weight is 479 g/mol. The first-order chi connectivity index (χ1) is 14.8. The van der Waals surface area contributed by atoms with Crippen molar-refractivity contribution < 1.29 is 19.1 Å². The number of anilines is 1. The summed E-state index contributed by atoms with van der Waals surface area (Å²) in [6.07, 6.45) is 1.50. The maximum Gasteiger partial charge on any atom is 0.341 e. The standard InChI is InChI=1S/C20H22N4O4S3/c1-6-28-20(27)14-10(3)15(16(26)21-5)31-19(14)24-12(25)7-29-17-13-9(2)11(4)30-18(13)23-8-22-17/h8H,6-7H2,1-5H3,(H,21,26)(H,24,25). The predicted octanol–water partition coefficient (Wildman–Crippen LogP) is 3.95. The molecule has 0 spiro atoms. The second-order valence-electron chi connectivity index (χ2n) is 6.54. The summed E-state index contributed by atoms with van der Waals surface area (Å²) in [6.45, 7) is 7.60. The Kier molecular flexibility index (Phi) is 7.29. The van der Waals surface area contributed by atoms with Gasteiger partial charge in [-0.15, -0.1) is 22.7 Å². The number of aromatic nitrogens is 2. The number of thiophene rings is 2. The Morgan fingerprint density at radius 2 is 1.87 bits per heavy atom. The molecule has 0 bridgehead atoms. The first-order valence-corrected chi connectivity index (χ1v) is 12.1. The monoisotopic (exact) mass is 478 g/mol. The van der Waals surface area contributed by atoms with Gasteiger partial charge in [-0.05, 0) is 38.8 Å². The van der Waals surface area contributed by atoms with Crippen LogP contribution in [0.3, 0.4) is 0 Å². The van der Waals surface area contributed by atoms with Crippen LogP contribution in [0.5, 0.6) is 0 Å². The normalized spacial score (nSPS) is 10.9. The molecule has 0 atom stereocenters. The zero-order chi connectivity index (χ0) is 22.7. The molecule has 0 saturated carbocycles. The highest BCUT2D eigenvalue weighted by Crippen LogP contribution is 2.36. The second-order valence-corrected chi connectivity index (χ2v) is 9.73. The van der Waals surface area contributed by atoms with Crippen LogP contribution < -0.4 is 10.6 Å². The van der Waals surface area contributed by atoms with Crippen molar-refractivity contribution in [2.45, 2.75) is 32.7 Å². The van der Waals surface area contributed by atoms with Gasteiger partial charge in [0.05, 0.1) is 22.8 Å². The first-order valence-electron chi connectivity index (χ1n) is 9.44. The van der Waals surface area contributed by atoms with Crippen molar-refractivity contribution >= 4 is 67.4 Å².